The van der Waals surface area contributed by atoms with Crippen LogP contribution >= 0.6 is 15.2 Å². The zero-order chi connectivity index (χ0) is 23.9. The number of methoxy groups -OCH3 is 1. The van der Waals surface area contributed by atoms with Crippen LogP contribution in [0.4, 0.5) is 0 Å². The number of Topliss-reactive ketones (excluding diaryl/α,β-unsaturated/α-hetero) is 1. The molecule has 1 aliphatic carbocycles. The fourth-order valence-electron chi connectivity index (χ4n) is 3.35. The van der Waals surface area contributed by atoms with Crippen molar-refractivity contribution in [3.63, 3.8) is 0 Å². The average molecular weight is 544 g/mol. The average Bonchev–Trinajstić information content (AvgIpc) is 2.72. The smallest absolute Gasteiger partial charge is 0.808 e. The van der Waals surface area contributed by atoms with E-state index in [9.17, 15) is 33.7 Å². The van der Waals surface area contributed by atoms with Gasteiger partial charge in [-0.25, -0.2) is 0 Å². The van der Waals surface area contributed by atoms with Crippen LogP contribution in [-0.2, 0) is 9.13 Å². The Kier molecular flexibility index (Phi) is 20.9. The van der Waals surface area contributed by atoms with E-state index >= 15 is 0 Å². The van der Waals surface area contributed by atoms with Crippen molar-refractivity contribution in [1.29, 1.82) is 5.26 Å². The normalized spacial score (nSPS) is 20.6. The molecule has 0 radical (unpaired) electrons. The van der Waals surface area contributed by atoms with Gasteiger partial charge in [-0.3, -0.25) is 4.79 Å². The van der Waals surface area contributed by atoms with Crippen molar-refractivity contribution in [1.82, 2.24) is 0 Å². The van der Waals surface area contributed by atoms with Crippen LogP contribution in [0.25, 0.3) is 0 Å². The Bertz CT molecular complexity index is 858. The molecule has 1 saturated carbocycles. The first-order valence-electron chi connectivity index (χ1n) is 9.34. The van der Waals surface area contributed by atoms with Crippen molar-refractivity contribution < 1.29 is 132 Å². The molecule has 1 aromatic carbocycles. The molecule has 2 atom stereocenters. The van der Waals surface area contributed by atoms with Gasteiger partial charge in [0, 0.05) is 11.5 Å². The number of ether oxygens (including phenoxy) is 1. The summed E-state index contributed by atoms with van der Waals surface area (Å²) in [7, 11) is -10.1. The van der Waals surface area contributed by atoms with Gasteiger partial charge in [0.15, 0.2) is 18.5 Å². The van der Waals surface area contributed by atoms with Crippen molar-refractivity contribution in [3.8, 4) is 11.8 Å². The quantitative estimate of drug-likeness (QED) is 0.166. The van der Waals surface area contributed by atoms with Crippen LogP contribution in [0.2, 0.25) is 0 Å². The van der Waals surface area contributed by atoms with Gasteiger partial charge in [-0.05, 0) is 70.0 Å². The summed E-state index contributed by atoms with van der Waals surface area (Å²) in [4.78, 5) is 53.2. The third-order valence-electron chi connectivity index (χ3n) is 5.20. The summed E-state index contributed by atoms with van der Waals surface area (Å²) in [5.41, 5.74) is 5.97. The summed E-state index contributed by atoms with van der Waals surface area (Å²) >= 11 is 0. The molecule has 2 rings (SSSR count). The largest absolute Gasteiger partial charge is 1.00 e. The van der Waals surface area contributed by atoms with E-state index in [0.29, 0.717) is 30.7 Å². The summed E-state index contributed by atoms with van der Waals surface area (Å²) < 4.78 is 27.0. The van der Waals surface area contributed by atoms with Crippen molar-refractivity contribution in [2.45, 2.75) is 37.2 Å². The Hall–Kier alpha value is 1.40. The van der Waals surface area contributed by atoms with E-state index in [0.717, 1.165) is 0 Å². The standard InChI is InChI=1S/C10H9NO2.C8H19NO7P2.3Na/c1-13-9-4-2-8(3-5-9)10(12)6-7-11;9-5-6-1-3-7(4-2-6)8(10,17(11,12)13)18(14,15)16;;;/h2-5H,6H2,1H3;6-7,10H,1-5,9H2,(H2,11,12,13)(H2,14,15,16);;;/q;;3*+1/p-3. The molecule has 0 heterocycles. The van der Waals surface area contributed by atoms with Crippen molar-refractivity contribution >= 4 is 21.0 Å². The number of benzene rings is 1. The van der Waals surface area contributed by atoms with Gasteiger partial charge in [0.05, 0.1) is 19.6 Å². The first kappa shape index (κ1) is 39.9. The van der Waals surface area contributed by atoms with E-state index < -0.39 is 26.2 Å². The Morgan fingerprint density at radius 2 is 1.62 bits per heavy atom. The monoisotopic (exact) mass is 544 g/mol. The van der Waals surface area contributed by atoms with Gasteiger partial charge in [-0.2, -0.15) is 5.26 Å². The fourth-order valence-corrected chi connectivity index (χ4v) is 6.01. The topological polar surface area (TPSA) is 220 Å². The maximum atomic E-state index is 11.2. The first-order valence-corrected chi connectivity index (χ1v) is 12.5. The second kappa shape index (κ2) is 17.8. The van der Waals surface area contributed by atoms with Gasteiger partial charge in [0.25, 0.3) is 0 Å². The summed E-state index contributed by atoms with van der Waals surface area (Å²) in [6, 6.07) is 8.51. The molecule has 34 heavy (non-hydrogen) atoms. The van der Waals surface area contributed by atoms with Gasteiger partial charge in [-0.1, -0.05) is 0 Å². The molecule has 1 aliphatic rings. The number of carbonyl (C=O) groups excluding carboxylic acids is 1. The molecule has 0 saturated heterocycles. The molecule has 174 valence electrons. The number of hydrogen-bond donors (Lipinski definition) is 3. The van der Waals surface area contributed by atoms with Crippen LogP contribution in [-0.4, -0.2) is 34.5 Å². The molecule has 0 amide bonds. The molecule has 1 fully saturated rings. The number of hydrogen-bond acceptors (Lipinski definition) is 10. The number of ketones is 1. The minimum absolute atomic E-state index is 0. The van der Waals surface area contributed by atoms with Gasteiger partial charge in [-0.15, -0.1) is 0 Å². The number of aliphatic hydroxyl groups is 1. The molecule has 16 heteroatoms. The van der Waals surface area contributed by atoms with E-state index in [4.69, 9.17) is 20.6 Å². The predicted molar refractivity (Wildman–Crippen MR) is 104 cm³/mol. The van der Waals surface area contributed by atoms with Crippen LogP contribution in [0.15, 0.2) is 24.3 Å². The second-order valence-corrected chi connectivity index (χ2v) is 10.9. The zero-order valence-corrected chi connectivity index (χ0v) is 27.7. The molecule has 1 aromatic rings. The minimum atomic E-state index is -5.91. The van der Waals surface area contributed by atoms with Crippen molar-refractivity contribution in [3.05, 3.63) is 29.8 Å². The first-order chi connectivity index (χ1) is 14.3. The van der Waals surface area contributed by atoms with Crippen molar-refractivity contribution in [2.24, 2.45) is 17.6 Å². The van der Waals surface area contributed by atoms with Gasteiger partial charge in [0.2, 0.25) is 0 Å². The molecule has 0 spiro atoms. The van der Waals surface area contributed by atoms with E-state index in [-0.39, 0.29) is 120 Å². The van der Waals surface area contributed by atoms with Crippen LogP contribution in [0, 0.1) is 23.2 Å². The SMILES string of the molecule is COc1ccc(C(=O)CC#N)cc1.NCC1CCC(C(O)(P(=O)([O-])[O-])P(=O)([O-])O)CC1.[Na+].[Na+].[Na+]. The maximum Gasteiger partial charge on any atom is 1.00 e. The molecular formula is C18H25N2Na3O9P2. The Balaban J connectivity index is -0.000000541. The molecule has 11 nitrogen and oxygen atoms in total. The summed E-state index contributed by atoms with van der Waals surface area (Å²) in [5.74, 6) is -0.666. The summed E-state index contributed by atoms with van der Waals surface area (Å²) in [6.45, 7) is 0.367. The van der Waals surface area contributed by atoms with Crippen LogP contribution in [0.1, 0.15) is 42.5 Å². The van der Waals surface area contributed by atoms with Crippen LogP contribution < -0.4 is 114 Å². The van der Waals surface area contributed by atoms with E-state index in [1.807, 2.05) is 6.07 Å². The van der Waals surface area contributed by atoms with Gasteiger partial charge in [0.1, 0.15) is 5.75 Å². The number of rotatable bonds is 7. The minimum Gasteiger partial charge on any atom is -0.808 e. The Morgan fingerprint density at radius 3 is 1.94 bits per heavy atom. The number of nitrogens with zero attached hydrogens (tertiary/aromatic N) is 1. The number of nitriles is 1. The summed E-state index contributed by atoms with van der Waals surface area (Å²) in [5, 5.41) is 14.4. The maximum absolute atomic E-state index is 11.2. The third kappa shape index (κ3) is 11.0. The molecule has 0 aliphatic heterocycles. The van der Waals surface area contributed by atoms with E-state index in [2.05, 4.69) is 0 Å². The van der Waals surface area contributed by atoms with Gasteiger partial charge >= 0.3 is 88.7 Å². The zero-order valence-electron chi connectivity index (χ0n) is 19.9. The van der Waals surface area contributed by atoms with Crippen LogP contribution in [0.5, 0.6) is 5.75 Å². The number of carbonyl (C=O) groups is 1. The van der Waals surface area contributed by atoms with E-state index in [1.54, 1.807) is 31.4 Å². The number of nitrogens with two attached hydrogens (primary N) is 1. The fraction of sp³-hybridized carbons (Fsp3) is 0.556. The Labute approximate surface area is 265 Å². The third-order valence-corrected chi connectivity index (χ3v) is 9.06. The molecule has 0 aromatic heterocycles. The molecule has 2 unspecified atom stereocenters. The molecule has 0 bridgehead atoms. The molecular weight excluding hydrogens is 519 g/mol. The second-order valence-electron chi connectivity index (χ2n) is 7.15. The van der Waals surface area contributed by atoms with Crippen LogP contribution in [0.3, 0.4) is 0 Å². The predicted octanol–water partition coefficient (Wildman–Crippen LogP) is -9.34. The van der Waals surface area contributed by atoms with Gasteiger partial charge < -0.3 is 44.3 Å². The van der Waals surface area contributed by atoms with Crippen molar-refractivity contribution in [2.75, 3.05) is 13.7 Å². The summed E-state index contributed by atoms with van der Waals surface area (Å²) in [6.07, 6.45) is 0.762. The van der Waals surface area contributed by atoms with E-state index in [1.165, 1.54) is 0 Å². The molecule has 4 N–H and O–H groups in total. The Morgan fingerprint density at radius 1 is 1.15 bits per heavy atom.